The molecule has 0 bridgehead atoms. The van der Waals surface area contributed by atoms with E-state index >= 15 is 0 Å². The summed E-state index contributed by atoms with van der Waals surface area (Å²) >= 11 is 2.84. The molecule has 0 unspecified atom stereocenters. The first kappa shape index (κ1) is 21.0. The minimum atomic E-state index is -0.423. The summed E-state index contributed by atoms with van der Waals surface area (Å²) in [4.78, 5) is 28.6. The Kier molecular flexibility index (Phi) is 6.52. The second kappa shape index (κ2) is 9.30. The summed E-state index contributed by atoms with van der Waals surface area (Å²) in [6, 6.07) is 0.00601. The summed E-state index contributed by atoms with van der Waals surface area (Å²) in [7, 11) is 0. The average molecular weight is 450 g/mol. The number of ether oxygens (including phenoxy) is 1. The van der Waals surface area contributed by atoms with Gasteiger partial charge in [0.2, 0.25) is 10.3 Å². The molecule has 1 aliphatic heterocycles. The van der Waals surface area contributed by atoms with Crippen molar-refractivity contribution in [2.75, 3.05) is 28.7 Å². The van der Waals surface area contributed by atoms with Gasteiger partial charge in [-0.15, -0.1) is 21.5 Å². The molecule has 30 heavy (non-hydrogen) atoms. The van der Waals surface area contributed by atoms with Crippen LogP contribution < -0.4 is 15.5 Å². The van der Waals surface area contributed by atoms with Gasteiger partial charge < -0.3 is 9.64 Å². The van der Waals surface area contributed by atoms with E-state index in [0.29, 0.717) is 28.3 Å². The van der Waals surface area contributed by atoms with Crippen LogP contribution in [0.25, 0.3) is 0 Å². The van der Waals surface area contributed by atoms with Gasteiger partial charge in [0.1, 0.15) is 5.00 Å². The lowest BCUT2D eigenvalue weighted by Gasteiger charge is -2.32. The highest BCUT2D eigenvalue weighted by atomic mass is 32.1. The predicted octanol–water partition coefficient (Wildman–Crippen LogP) is 4.68. The molecule has 1 saturated heterocycles. The molecule has 2 amide bonds. The number of hydrogen-bond acceptors (Lipinski definition) is 8. The zero-order valence-corrected chi connectivity index (χ0v) is 19.0. The number of hydrogen-bond donors (Lipinski definition) is 2. The first-order chi connectivity index (χ1) is 14.6. The average Bonchev–Trinajstić information content (AvgIpc) is 3.32. The number of nitrogens with one attached hydrogen (secondary N) is 2. The molecule has 1 atom stereocenters. The summed E-state index contributed by atoms with van der Waals surface area (Å²) in [6.07, 6.45) is 7.45. The first-order valence-corrected chi connectivity index (χ1v) is 12.2. The lowest BCUT2D eigenvalue weighted by molar-refractivity contribution is 0.0526. The minimum Gasteiger partial charge on any atom is -0.462 e. The van der Waals surface area contributed by atoms with Gasteiger partial charge in [0.25, 0.3) is 0 Å². The number of rotatable bonds is 5. The molecule has 1 fully saturated rings. The Morgan fingerprint density at radius 3 is 2.77 bits per heavy atom. The van der Waals surface area contributed by atoms with E-state index in [0.717, 1.165) is 60.6 Å². The first-order valence-electron chi connectivity index (χ1n) is 10.6. The minimum absolute atomic E-state index is 0.303. The van der Waals surface area contributed by atoms with Gasteiger partial charge in [-0.05, 0) is 64.4 Å². The Bertz CT molecular complexity index is 926. The number of aromatic nitrogens is 2. The molecule has 2 aliphatic rings. The molecular formula is C20H27N5O3S2. The van der Waals surface area contributed by atoms with E-state index in [1.54, 1.807) is 6.92 Å². The van der Waals surface area contributed by atoms with Crippen molar-refractivity contribution in [1.29, 1.82) is 0 Å². The van der Waals surface area contributed by atoms with E-state index < -0.39 is 6.03 Å². The van der Waals surface area contributed by atoms with Crippen molar-refractivity contribution in [3.63, 3.8) is 0 Å². The molecule has 8 nitrogen and oxygen atoms in total. The fourth-order valence-corrected chi connectivity index (χ4v) is 6.21. The van der Waals surface area contributed by atoms with Gasteiger partial charge in [-0.3, -0.25) is 10.6 Å². The maximum atomic E-state index is 12.6. The van der Waals surface area contributed by atoms with Gasteiger partial charge in [0.15, 0.2) is 0 Å². The van der Waals surface area contributed by atoms with Crippen molar-refractivity contribution < 1.29 is 14.3 Å². The van der Waals surface area contributed by atoms with E-state index in [1.165, 1.54) is 29.1 Å². The fraction of sp³-hybridized carbons (Fsp3) is 0.600. The number of carbonyl (C=O) groups excluding carboxylic acids is 2. The van der Waals surface area contributed by atoms with Crippen LogP contribution in [0.3, 0.4) is 0 Å². The van der Waals surface area contributed by atoms with Crippen molar-refractivity contribution in [1.82, 2.24) is 10.2 Å². The number of aryl methyl sites for hydroxylation is 1. The number of thiophene rings is 1. The molecule has 0 aromatic carbocycles. The van der Waals surface area contributed by atoms with Crippen LogP contribution >= 0.6 is 22.7 Å². The summed E-state index contributed by atoms with van der Waals surface area (Å²) in [5, 5.41) is 15.8. The molecule has 2 aromatic heterocycles. The molecule has 0 spiro atoms. The van der Waals surface area contributed by atoms with Crippen LogP contribution in [0.5, 0.6) is 0 Å². The smallest absolute Gasteiger partial charge is 0.341 e. The Morgan fingerprint density at radius 1 is 1.13 bits per heavy atom. The lowest BCUT2D eigenvalue weighted by Crippen LogP contribution is -2.37. The van der Waals surface area contributed by atoms with E-state index in [4.69, 9.17) is 4.74 Å². The quantitative estimate of drug-likeness (QED) is 0.644. The third-order valence-corrected chi connectivity index (χ3v) is 7.64. The number of piperidine rings is 1. The van der Waals surface area contributed by atoms with Gasteiger partial charge in [0, 0.05) is 17.5 Å². The monoisotopic (exact) mass is 449 g/mol. The SMILES string of the molecule is CCOC(=O)c1c(NC(=O)Nc2nnc(N3CCCC[C@@H]3C)s2)sc2c1CCCC2. The second-order valence-electron chi connectivity index (χ2n) is 7.64. The van der Waals surface area contributed by atoms with Crippen LogP contribution in [0.1, 0.15) is 66.8 Å². The van der Waals surface area contributed by atoms with E-state index in [1.807, 2.05) is 0 Å². The topological polar surface area (TPSA) is 96.4 Å². The molecule has 2 aromatic rings. The number of fused-ring (bicyclic) bond motifs is 1. The molecule has 10 heteroatoms. The third-order valence-electron chi connectivity index (χ3n) is 5.56. The van der Waals surface area contributed by atoms with Crippen molar-refractivity contribution >= 4 is 49.9 Å². The van der Waals surface area contributed by atoms with Crippen LogP contribution in [0.2, 0.25) is 0 Å². The van der Waals surface area contributed by atoms with Crippen LogP contribution in [-0.2, 0) is 17.6 Å². The Hall–Kier alpha value is -2.20. The van der Waals surface area contributed by atoms with Crippen LogP contribution in [0.4, 0.5) is 20.1 Å². The molecule has 1 aliphatic carbocycles. The third kappa shape index (κ3) is 4.44. The van der Waals surface area contributed by atoms with Crippen LogP contribution in [0.15, 0.2) is 0 Å². The van der Waals surface area contributed by atoms with Gasteiger partial charge in [-0.2, -0.15) is 0 Å². The predicted molar refractivity (Wildman–Crippen MR) is 120 cm³/mol. The lowest BCUT2D eigenvalue weighted by atomic mass is 9.95. The van der Waals surface area contributed by atoms with Gasteiger partial charge in [0.05, 0.1) is 12.2 Å². The number of urea groups is 1. The molecule has 0 radical (unpaired) electrons. The van der Waals surface area contributed by atoms with Crippen molar-refractivity contribution in [3.8, 4) is 0 Å². The van der Waals surface area contributed by atoms with Gasteiger partial charge in [-0.1, -0.05) is 11.3 Å². The van der Waals surface area contributed by atoms with Crippen molar-refractivity contribution in [2.45, 2.75) is 64.8 Å². The highest BCUT2D eigenvalue weighted by Gasteiger charge is 2.28. The zero-order chi connectivity index (χ0) is 21.1. The zero-order valence-electron chi connectivity index (χ0n) is 17.3. The highest BCUT2D eigenvalue weighted by molar-refractivity contribution is 7.19. The Labute approximate surface area is 184 Å². The standard InChI is InChI=1S/C20H27N5O3S2/c1-3-28-17(26)15-13-9-4-5-10-14(13)29-16(15)21-18(27)22-19-23-24-20(30-19)25-11-7-6-8-12(25)2/h12H,3-11H2,1-2H3,(H2,21,22,23,27)/t12-/m0/s1. The van der Waals surface area contributed by atoms with E-state index in [9.17, 15) is 9.59 Å². The number of amides is 2. The fourth-order valence-electron chi connectivity index (χ4n) is 4.07. The molecule has 2 N–H and O–H groups in total. The molecule has 4 rings (SSSR count). The Morgan fingerprint density at radius 2 is 1.97 bits per heavy atom. The summed E-state index contributed by atoms with van der Waals surface area (Å²) in [5.74, 6) is -0.371. The van der Waals surface area contributed by atoms with Crippen LogP contribution in [-0.4, -0.2) is 41.4 Å². The molecule has 162 valence electrons. The van der Waals surface area contributed by atoms with E-state index in [-0.39, 0.29) is 5.97 Å². The highest BCUT2D eigenvalue weighted by Crippen LogP contribution is 2.39. The number of carbonyl (C=O) groups is 2. The second-order valence-corrected chi connectivity index (χ2v) is 9.70. The number of anilines is 3. The van der Waals surface area contributed by atoms with Crippen LogP contribution in [0, 0.1) is 0 Å². The van der Waals surface area contributed by atoms with Crippen molar-refractivity contribution in [3.05, 3.63) is 16.0 Å². The Balaban J connectivity index is 1.47. The summed E-state index contributed by atoms with van der Waals surface area (Å²) < 4.78 is 5.24. The van der Waals surface area contributed by atoms with E-state index in [2.05, 4.69) is 32.7 Å². The summed E-state index contributed by atoms with van der Waals surface area (Å²) in [5.41, 5.74) is 1.53. The van der Waals surface area contributed by atoms with Crippen molar-refractivity contribution in [2.24, 2.45) is 0 Å². The van der Waals surface area contributed by atoms with Gasteiger partial charge in [-0.25, -0.2) is 9.59 Å². The summed E-state index contributed by atoms with van der Waals surface area (Å²) in [6.45, 7) is 5.24. The largest absolute Gasteiger partial charge is 0.462 e. The maximum absolute atomic E-state index is 12.6. The number of esters is 1. The molecule has 0 saturated carbocycles. The normalized spacial score (nSPS) is 18.6. The number of nitrogens with zero attached hydrogens (tertiary/aromatic N) is 3. The molecule has 3 heterocycles. The van der Waals surface area contributed by atoms with Gasteiger partial charge >= 0.3 is 12.0 Å². The molecular weight excluding hydrogens is 422 g/mol. The maximum Gasteiger partial charge on any atom is 0.341 e.